The van der Waals surface area contributed by atoms with Crippen molar-refractivity contribution in [1.82, 2.24) is 0 Å². The highest BCUT2D eigenvalue weighted by atomic mass is 14.8. The highest BCUT2D eigenvalue weighted by Gasteiger charge is 2.75. The summed E-state index contributed by atoms with van der Waals surface area (Å²) >= 11 is 0. The van der Waals surface area contributed by atoms with Crippen LogP contribution in [0.25, 0.3) is 97.2 Å². The number of hydrogen-bond donors (Lipinski definition) is 0. The highest BCUT2D eigenvalue weighted by Crippen LogP contribution is 2.82. The second kappa shape index (κ2) is 29.4. The maximum Gasteiger partial charge on any atom is -0.00299 e. The van der Waals surface area contributed by atoms with Gasteiger partial charge in [0.2, 0.25) is 0 Å². The average molecular weight is 1390 g/mol. The first-order chi connectivity index (χ1) is 53.1. The SMILES string of the molecule is C(=Cc1cc(C=Cc2ccccc2)cc(C23CC4CC(c5cc(C=Cc6ccccc6)cc(C=Cc6ccccc6)c5)(C2)CC(C25CC6CC(c7cc(C=Cc8ccccc8)cc(C=Cc8ccccc8)c7)(CC(c7cc(C=Cc8ccccc8)cc(C=Cc8ccccc8)c7)(C6)C2)C5)(C4)C3)c1)c1ccccc1. The van der Waals surface area contributed by atoms with Crippen LogP contribution in [0.5, 0.6) is 0 Å². The van der Waals surface area contributed by atoms with Crippen LogP contribution < -0.4 is 0 Å². The molecule has 8 saturated carbocycles. The molecule has 0 heterocycles. The van der Waals surface area contributed by atoms with Gasteiger partial charge in [-0.15, -0.1) is 0 Å². The molecule has 0 N–H and O–H groups in total. The lowest BCUT2D eigenvalue weighted by atomic mass is 9.26. The van der Waals surface area contributed by atoms with E-state index in [0.717, 1.165) is 12.8 Å². The summed E-state index contributed by atoms with van der Waals surface area (Å²) in [6, 6.07) is 119. The monoisotopic (exact) mass is 1390 g/mol. The molecule has 8 bridgehead atoms. The summed E-state index contributed by atoms with van der Waals surface area (Å²) in [6.07, 6.45) is 52.3. The van der Waals surface area contributed by atoms with Crippen LogP contribution in [0.4, 0.5) is 0 Å². The normalized spacial score (nSPS) is 24.9. The van der Waals surface area contributed by atoms with Gasteiger partial charge < -0.3 is 0 Å². The van der Waals surface area contributed by atoms with E-state index in [1.807, 2.05) is 0 Å². The smallest absolute Gasteiger partial charge is 0.00299 e. The molecule has 0 saturated heterocycles. The molecule has 0 nitrogen and oxygen atoms in total. The van der Waals surface area contributed by atoms with Crippen molar-refractivity contribution in [1.29, 1.82) is 0 Å². The van der Waals surface area contributed by atoms with Crippen LogP contribution >= 0.6 is 0 Å². The van der Waals surface area contributed by atoms with E-state index in [1.165, 1.54) is 175 Å². The number of hydrogen-bond acceptors (Lipinski definition) is 0. The van der Waals surface area contributed by atoms with Crippen molar-refractivity contribution < 1.29 is 0 Å². The van der Waals surface area contributed by atoms with Crippen molar-refractivity contribution in [3.8, 4) is 0 Å². The lowest BCUT2D eigenvalue weighted by Crippen LogP contribution is -2.70. The van der Waals surface area contributed by atoms with E-state index in [0.29, 0.717) is 11.8 Å². The molecule has 0 radical (unpaired) electrons. The quantitative estimate of drug-likeness (QED) is 0.0629. The highest BCUT2D eigenvalue weighted by molar-refractivity contribution is 5.80. The Morgan fingerprint density at radius 2 is 0.306 bits per heavy atom. The minimum Gasteiger partial charge on any atom is -0.0622 e. The van der Waals surface area contributed by atoms with Crippen LogP contribution in [0, 0.1) is 22.7 Å². The first-order valence-corrected chi connectivity index (χ1v) is 39.6. The summed E-state index contributed by atoms with van der Waals surface area (Å²) in [7, 11) is 0. The fourth-order valence-electron chi connectivity index (χ4n) is 22.1. The van der Waals surface area contributed by atoms with Crippen LogP contribution in [0.3, 0.4) is 0 Å². The summed E-state index contributed by atoms with van der Waals surface area (Å²) in [6.45, 7) is 0. The maximum atomic E-state index is 2.67. The molecule has 12 aromatic carbocycles. The number of rotatable bonds is 21. The van der Waals surface area contributed by atoms with E-state index < -0.39 is 0 Å². The molecule has 12 aromatic rings. The zero-order chi connectivity index (χ0) is 72.3. The van der Waals surface area contributed by atoms with Gasteiger partial charge in [-0.2, -0.15) is 0 Å². The van der Waals surface area contributed by atoms with E-state index in [-0.39, 0.29) is 32.5 Å². The van der Waals surface area contributed by atoms with Gasteiger partial charge in [-0.1, -0.05) is 388 Å². The molecule has 4 atom stereocenters. The Morgan fingerprint density at radius 1 is 0.157 bits per heavy atom. The van der Waals surface area contributed by atoms with Gasteiger partial charge in [-0.3, -0.25) is 0 Å². The molecule has 20 rings (SSSR count). The first-order valence-electron chi connectivity index (χ1n) is 39.6. The molecule has 8 aliphatic rings. The molecule has 4 unspecified atom stereocenters. The number of benzene rings is 12. The molecule has 0 heteroatoms. The summed E-state index contributed by atoms with van der Waals surface area (Å²) in [5.41, 5.74) is 25.6. The van der Waals surface area contributed by atoms with Crippen LogP contribution in [0.15, 0.2) is 315 Å². The zero-order valence-electron chi connectivity index (χ0n) is 61.9. The van der Waals surface area contributed by atoms with Crippen LogP contribution in [0.2, 0.25) is 0 Å². The minimum atomic E-state index is -0.111. The summed E-state index contributed by atoms with van der Waals surface area (Å²) in [5, 5.41) is 0. The van der Waals surface area contributed by atoms with Gasteiger partial charge in [0.15, 0.2) is 0 Å². The lowest BCUT2D eigenvalue weighted by Gasteiger charge is -2.77. The second-order valence-corrected chi connectivity index (χ2v) is 33.2. The topological polar surface area (TPSA) is 0 Å². The van der Waals surface area contributed by atoms with Crippen molar-refractivity contribution in [3.05, 3.63) is 427 Å². The summed E-state index contributed by atoms with van der Waals surface area (Å²) < 4.78 is 0. The third-order valence-electron chi connectivity index (χ3n) is 25.8. The molecular weight excluding hydrogens is 1300 g/mol. The Hall–Kier alpha value is -11.4. The minimum absolute atomic E-state index is 0.00396. The molecule has 0 spiro atoms. The van der Waals surface area contributed by atoms with Crippen LogP contribution in [-0.4, -0.2) is 0 Å². The fraction of sp³-hybridized carbons (Fsp3) is 0.185. The van der Waals surface area contributed by atoms with Gasteiger partial charge in [-0.25, -0.2) is 0 Å². The third-order valence-corrected chi connectivity index (χ3v) is 25.8. The molecule has 8 fully saturated rings. The van der Waals surface area contributed by atoms with Gasteiger partial charge in [-0.05, 0) is 257 Å². The molecule has 526 valence electrons. The van der Waals surface area contributed by atoms with Crippen molar-refractivity contribution in [3.63, 3.8) is 0 Å². The standard InChI is InChI=1S/C108H94/c1-9-25-81(26-10-1)41-49-89-57-90(50-42-82-27-11-2-12-28-82)62-99(61-89)103-69-97-70-104(75-103,100-63-91(51-43-83-29-13-3-14-30-83)58-92(64-100)52-44-84-31-15-4-16-32-84)78-107(73-97,77-103)108-74-98-71-105(79-108,101-65-93(53-45-85-33-17-5-18-34-85)59-94(66-101)54-46-86-35-19-6-20-36-86)76-106(72-98,80-108)102-67-95(55-47-87-37-21-7-22-38-87)60-96(68-102)56-48-88-39-23-8-24-40-88/h1-68,97-98H,69-80H2. The van der Waals surface area contributed by atoms with Gasteiger partial charge in [0.05, 0.1) is 0 Å². The molecule has 8 aliphatic carbocycles. The Labute approximate surface area is 641 Å². The van der Waals surface area contributed by atoms with Crippen molar-refractivity contribution in [2.75, 3.05) is 0 Å². The third kappa shape index (κ3) is 14.4. The largest absolute Gasteiger partial charge is 0.0622 e. The van der Waals surface area contributed by atoms with Crippen molar-refractivity contribution in [2.45, 2.75) is 98.7 Å². The van der Waals surface area contributed by atoms with Crippen molar-refractivity contribution in [2.24, 2.45) is 22.7 Å². The first kappa shape index (κ1) is 68.4. The van der Waals surface area contributed by atoms with Crippen LogP contribution in [-0.2, 0) is 21.7 Å². The Balaban J connectivity index is 0.863. The zero-order valence-corrected chi connectivity index (χ0v) is 61.9. The predicted octanol–water partition coefficient (Wildman–Crippen LogP) is 28.1. The molecule has 0 aromatic heterocycles. The fourth-order valence-corrected chi connectivity index (χ4v) is 22.1. The Bertz CT molecular complexity index is 4500. The maximum absolute atomic E-state index is 2.67. The van der Waals surface area contributed by atoms with Gasteiger partial charge in [0.1, 0.15) is 0 Å². The Kier molecular flexibility index (Phi) is 18.6. The van der Waals surface area contributed by atoms with E-state index >= 15 is 0 Å². The Morgan fingerprint density at radius 3 is 0.463 bits per heavy atom. The van der Waals surface area contributed by atoms with Crippen LogP contribution in [0.1, 0.15) is 188 Å². The molecule has 0 aliphatic heterocycles. The predicted molar refractivity (Wildman–Crippen MR) is 463 cm³/mol. The average Bonchev–Trinajstić information content (AvgIpc) is 0.653. The summed E-state index contributed by atoms with van der Waals surface area (Å²) in [4.78, 5) is 0. The van der Waals surface area contributed by atoms with Gasteiger partial charge in [0.25, 0.3) is 0 Å². The van der Waals surface area contributed by atoms with Gasteiger partial charge in [0, 0.05) is 0 Å². The van der Waals surface area contributed by atoms with Crippen molar-refractivity contribution >= 4 is 97.2 Å². The van der Waals surface area contributed by atoms with E-state index in [1.54, 1.807) is 0 Å². The second-order valence-electron chi connectivity index (χ2n) is 33.2. The molecule has 108 heavy (non-hydrogen) atoms. The van der Waals surface area contributed by atoms with E-state index in [4.69, 9.17) is 0 Å². The summed E-state index contributed by atoms with van der Waals surface area (Å²) in [5.74, 6) is 1.06. The van der Waals surface area contributed by atoms with Gasteiger partial charge >= 0.3 is 0 Å². The van der Waals surface area contributed by atoms with E-state index in [9.17, 15) is 0 Å². The molecule has 0 amide bonds. The van der Waals surface area contributed by atoms with E-state index in [2.05, 4.69) is 413 Å². The molecular formula is C108H94. The lowest BCUT2D eigenvalue weighted by molar-refractivity contribution is -0.224.